The van der Waals surface area contributed by atoms with Gasteiger partial charge in [-0.05, 0) is 60.9 Å². The van der Waals surface area contributed by atoms with Gasteiger partial charge in [-0.2, -0.15) is 0 Å². The summed E-state index contributed by atoms with van der Waals surface area (Å²) < 4.78 is 10.7. The molecule has 7 heteroatoms. The van der Waals surface area contributed by atoms with Crippen LogP contribution in [0, 0.1) is 5.92 Å². The van der Waals surface area contributed by atoms with E-state index in [1.54, 1.807) is 37.4 Å². The van der Waals surface area contributed by atoms with E-state index in [2.05, 4.69) is 10.6 Å². The highest BCUT2D eigenvalue weighted by molar-refractivity contribution is 6.30. The van der Waals surface area contributed by atoms with Crippen LogP contribution in [0.4, 0.5) is 5.69 Å². The minimum Gasteiger partial charge on any atom is -0.492 e. The van der Waals surface area contributed by atoms with Gasteiger partial charge in [0, 0.05) is 36.5 Å². The Morgan fingerprint density at radius 3 is 2.75 bits per heavy atom. The van der Waals surface area contributed by atoms with Crippen molar-refractivity contribution in [3.63, 3.8) is 0 Å². The number of rotatable bonds is 7. The molecule has 3 rings (SSSR count). The fraction of sp³-hybridized carbons (Fsp3) is 0.333. The number of carbonyl (C=O) groups excluding carboxylic acids is 2. The molecule has 1 aliphatic rings. The van der Waals surface area contributed by atoms with Gasteiger partial charge < -0.3 is 20.1 Å². The van der Waals surface area contributed by atoms with E-state index in [4.69, 9.17) is 21.1 Å². The summed E-state index contributed by atoms with van der Waals surface area (Å²) in [5.41, 5.74) is 2.08. The highest BCUT2D eigenvalue weighted by Gasteiger charge is 2.26. The van der Waals surface area contributed by atoms with Crippen molar-refractivity contribution in [2.45, 2.75) is 12.8 Å². The van der Waals surface area contributed by atoms with E-state index in [1.165, 1.54) is 0 Å². The number of halogens is 1. The van der Waals surface area contributed by atoms with Crippen LogP contribution in [0.2, 0.25) is 5.02 Å². The molecule has 0 fully saturated rings. The van der Waals surface area contributed by atoms with Gasteiger partial charge >= 0.3 is 0 Å². The van der Waals surface area contributed by atoms with Gasteiger partial charge in [-0.3, -0.25) is 9.59 Å². The lowest BCUT2D eigenvalue weighted by Gasteiger charge is -2.25. The summed E-state index contributed by atoms with van der Waals surface area (Å²) in [6.07, 6.45) is 1.34. The zero-order chi connectivity index (χ0) is 19.9. The Balaban J connectivity index is 1.62. The van der Waals surface area contributed by atoms with Gasteiger partial charge in [-0.1, -0.05) is 11.6 Å². The average molecular weight is 403 g/mol. The van der Waals surface area contributed by atoms with Gasteiger partial charge in [0.25, 0.3) is 5.91 Å². The van der Waals surface area contributed by atoms with Gasteiger partial charge in [-0.25, -0.2) is 0 Å². The topological polar surface area (TPSA) is 76.7 Å². The standard InChI is InChI=1S/C21H23ClN2O4/c1-27-10-2-9-23-20(25)16-11-15-12-18(7-8-19(15)28-13-16)24-21(26)14-3-5-17(22)6-4-14/h3-8,12,16H,2,9-11,13H2,1H3,(H,23,25)(H,24,26)/t16-/m0/s1. The van der Waals surface area contributed by atoms with Crippen molar-refractivity contribution in [3.05, 3.63) is 58.6 Å². The molecule has 148 valence electrons. The maximum atomic E-state index is 12.4. The molecule has 6 nitrogen and oxygen atoms in total. The van der Waals surface area contributed by atoms with Crippen LogP contribution >= 0.6 is 11.6 Å². The van der Waals surface area contributed by atoms with Crippen LogP contribution in [-0.2, 0) is 16.0 Å². The second-order valence-electron chi connectivity index (χ2n) is 6.63. The molecule has 1 heterocycles. The van der Waals surface area contributed by atoms with Crippen LogP contribution in [0.1, 0.15) is 22.3 Å². The predicted molar refractivity (Wildman–Crippen MR) is 108 cm³/mol. The van der Waals surface area contributed by atoms with Crippen molar-refractivity contribution in [2.24, 2.45) is 5.92 Å². The molecule has 2 aromatic rings. The monoisotopic (exact) mass is 402 g/mol. The first-order valence-electron chi connectivity index (χ1n) is 9.16. The summed E-state index contributed by atoms with van der Waals surface area (Å²) in [7, 11) is 1.64. The molecule has 0 aromatic heterocycles. The first kappa shape index (κ1) is 20.2. The van der Waals surface area contributed by atoms with Gasteiger partial charge in [0.15, 0.2) is 0 Å². The maximum Gasteiger partial charge on any atom is 0.255 e. The first-order chi connectivity index (χ1) is 13.6. The number of amides is 2. The Bertz CT molecular complexity index is 839. The minimum absolute atomic E-state index is 0.0302. The number of hydrogen-bond donors (Lipinski definition) is 2. The molecule has 2 aromatic carbocycles. The van der Waals surface area contributed by atoms with Gasteiger partial charge in [-0.15, -0.1) is 0 Å². The molecule has 0 radical (unpaired) electrons. The zero-order valence-electron chi connectivity index (χ0n) is 15.7. The lowest BCUT2D eigenvalue weighted by atomic mass is 9.95. The minimum atomic E-state index is -0.253. The smallest absolute Gasteiger partial charge is 0.255 e. The van der Waals surface area contributed by atoms with E-state index >= 15 is 0 Å². The van der Waals surface area contributed by atoms with Gasteiger partial charge in [0.2, 0.25) is 5.91 Å². The first-order valence-corrected chi connectivity index (χ1v) is 9.54. The number of benzene rings is 2. The summed E-state index contributed by atoms with van der Waals surface area (Å²) in [6.45, 7) is 1.54. The van der Waals surface area contributed by atoms with Crippen molar-refractivity contribution < 1.29 is 19.1 Å². The molecule has 1 atom stereocenters. The normalized spacial score (nSPS) is 15.3. The lowest BCUT2D eigenvalue weighted by molar-refractivity contribution is -0.126. The Hall–Kier alpha value is -2.57. The van der Waals surface area contributed by atoms with E-state index in [-0.39, 0.29) is 17.7 Å². The fourth-order valence-electron chi connectivity index (χ4n) is 3.02. The van der Waals surface area contributed by atoms with E-state index < -0.39 is 0 Å². The second-order valence-corrected chi connectivity index (χ2v) is 7.07. The molecule has 0 aliphatic carbocycles. The fourth-order valence-corrected chi connectivity index (χ4v) is 3.14. The Kier molecular flexibility index (Phi) is 6.90. The van der Waals surface area contributed by atoms with E-state index in [0.29, 0.717) is 42.5 Å². The van der Waals surface area contributed by atoms with Gasteiger partial charge in [0.1, 0.15) is 12.4 Å². The molecule has 2 N–H and O–H groups in total. The van der Waals surface area contributed by atoms with Crippen LogP contribution in [-0.4, -0.2) is 38.7 Å². The summed E-state index contributed by atoms with van der Waals surface area (Å²) in [6, 6.07) is 12.1. The van der Waals surface area contributed by atoms with Crippen molar-refractivity contribution in [2.75, 3.05) is 32.2 Å². The maximum absolute atomic E-state index is 12.4. The van der Waals surface area contributed by atoms with E-state index in [9.17, 15) is 9.59 Å². The average Bonchev–Trinajstić information content (AvgIpc) is 2.71. The Labute approximate surface area is 169 Å². The largest absolute Gasteiger partial charge is 0.492 e. The van der Waals surface area contributed by atoms with Crippen molar-refractivity contribution >= 4 is 29.1 Å². The third kappa shape index (κ3) is 5.24. The van der Waals surface area contributed by atoms with Crippen LogP contribution in [0.5, 0.6) is 5.75 Å². The number of methoxy groups -OCH3 is 1. The Morgan fingerprint density at radius 1 is 1.21 bits per heavy atom. The van der Waals surface area contributed by atoms with Crippen LogP contribution in [0.25, 0.3) is 0 Å². The molecule has 0 spiro atoms. The summed E-state index contributed by atoms with van der Waals surface area (Å²) in [5, 5.41) is 6.36. The molecule has 0 unspecified atom stereocenters. The van der Waals surface area contributed by atoms with Crippen LogP contribution in [0.15, 0.2) is 42.5 Å². The van der Waals surface area contributed by atoms with E-state index in [1.807, 2.05) is 12.1 Å². The number of nitrogens with one attached hydrogen (secondary N) is 2. The van der Waals surface area contributed by atoms with Crippen molar-refractivity contribution in [1.82, 2.24) is 5.32 Å². The third-order valence-electron chi connectivity index (χ3n) is 4.53. The highest BCUT2D eigenvalue weighted by Crippen LogP contribution is 2.30. The predicted octanol–water partition coefficient (Wildman–Crippen LogP) is 3.30. The number of ether oxygens (including phenoxy) is 2. The van der Waals surface area contributed by atoms with Gasteiger partial charge in [0.05, 0.1) is 5.92 Å². The zero-order valence-corrected chi connectivity index (χ0v) is 16.4. The number of fused-ring (bicyclic) bond motifs is 1. The summed E-state index contributed by atoms with van der Waals surface area (Å²) in [4.78, 5) is 24.7. The molecular weight excluding hydrogens is 380 g/mol. The third-order valence-corrected chi connectivity index (χ3v) is 4.78. The lowest BCUT2D eigenvalue weighted by Crippen LogP contribution is -2.38. The van der Waals surface area contributed by atoms with Crippen LogP contribution < -0.4 is 15.4 Å². The summed E-state index contributed by atoms with van der Waals surface area (Å²) in [5.74, 6) is 0.239. The SMILES string of the molecule is COCCCNC(=O)[C@@H]1COc2ccc(NC(=O)c3ccc(Cl)cc3)cc2C1. The molecule has 0 bridgehead atoms. The Morgan fingerprint density at radius 2 is 2.00 bits per heavy atom. The van der Waals surface area contributed by atoms with Crippen molar-refractivity contribution in [1.29, 1.82) is 0 Å². The van der Waals surface area contributed by atoms with Crippen molar-refractivity contribution in [3.8, 4) is 5.75 Å². The molecule has 1 aliphatic heterocycles. The molecule has 2 amide bonds. The number of hydrogen-bond acceptors (Lipinski definition) is 4. The number of carbonyl (C=O) groups is 2. The molecule has 0 saturated carbocycles. The molecule has 28 heavy (non-hydrogen) atoms. The second kappa shape index (κ2) is 9.57. The molecule has 0 saturated heterocycles. The highest BCUT2D eigenvalue weighted by atomic mass is 35.5. The van der Waals surface area contributed by atoms with E-state index in [0.717, 1.165) is 17.7 Å². The molecular formula is C21H23ClN2O4. The summed E-state index contributed by atoms with van der Waals surface area (Å²) >= 11 is 5.86. The van der Waals surface area contributed by atoms with Crippen LogP contribution in [0.3, 0.4) is 0 Å². The quantitative estimate of drug-likeness (QED) is 0.697. The number of anilines is 1.